The van der Waals surface area contributed by atoms with E-state index in [1.807, 2.05) is 24.3 Å². The molecule has 1 aliphatic heterocycles. The maximum absolute atomic E-state index is 13.5. The van der Waals surface area contributed by atoms with E-state index in [2.05, 4.69) is 15.5 Å². The summed E-state index contributed by atoms with van der Waals surface area (Å²) in [6.45, 7) is 0. The van der Waals surface area contributed by atoms with Gasteiger partial charge >= 0.3 is 0 Å². The van der Waals surface area contributed by atoms with Gasteiger partial charge in [-0.05, 0) is 36.2 Å². The quantitative estimate of drug-likeness (QED) is 0.755. The standard InChI is InChI=1S/C17H14FN3OS/c18-10-5-6-15-12(9-10)13(7-8-23-15)19-17(22)16-11-3-1-2-4-14(11)20-21-16/h1-6,9,13H,7-8H2,(H,19,22)(H,20,21). The largest absolute Gasteiger partial charge is 0.344 e. The van der Waals surface area contributed by atoms with E-state index in [0.29, 0.717) is 5.69 Å². The molecule has 2 N–H and O–H groups in total. The van der Waals surface area contributed by atoms with Gasteiger partial charge in [0.2, 0.25) is 0 Å². The molecule has 4 nitrogen and oxygen atoms in total. The molecule has 2 heterocycles. The summed E-state index contributed by atoms with van der Waals surface area (Å²) in [6.07, 6.45) is 0.773. The maximum atomic E-state index is 13.5. The van der Waals surface area contributed by atoms with E-state index in [1.165, 1.54) is 12.1 Å². The van der Waals surface area contributed by atoms with Crippen LogP contribution in [-0.4, -0.2) is 21.9 Å². The average molecular weight is 327 g/mol. The fraction of sp³-hybridized carbons (Fsp3) is 0.176. The molecule has 0 fully saturated rings. The third kappa shape index (κ3) is 2.59. The number of para-hydroxylation sites is 1. The van der Waals surface area contributed by atoms with Crippen molar-refractivity contribution in [1.82, 2.24) is 15.5 Å². The van der Waals surface area contributed by atoms with E-state index in [-0.39, 0.29) is 17.8 Å². The van der Waals surface area contributed by atoms with Gasteiger partial charge in [0.1, 0.15) is 5.82 Å². The number of nitrogens with one attached hydrogen (secondary N) is 2. The van der Waals surface area contributed by atoms with Crippen LogP contribution < -0.4 is 5.32 Å². The second-order valence-electron chi connectivity index (χ2n) is 5.46. The first-order chi connectivity index (χ1) is 11.2. The highest BCUT2D eigenvalue weighted by Crippen LogP contribution is 2.36. The first kappa shape index (κ1) is 14.3. The minimum absolute atomic E-state index is 0.190. The number of aromatic nitrogens is 2. The van der Waals surface area contributed by atoms with Crippen molar-refractivity contribution >= 4 is 28.6 Å². The molecule has 0 saturated heterocycles. The molecule has 1 atom stereocenters. The van der Waals surface area contributed by atoms with Crippen molar-refractivity contribution in [2.45, 2.75) is 17.4 Å². The number of H-pyrrole nitrogens is 1. The Bertz CT molecular complexity index is 892. The smallest absolute Gasteiger partial charge is 0.272 e. The molecule has 0 saturated carbocycles. The molecule has 3 aromatic rings. The van der Waals surface area contributed by atoms with Crippen molar-refractivity contribution in [2.75, 3.05) is 5.75 Å². The Hall–Kier alpha value is -2.34. The van der Waals surface area contributed by atoms with E-state index >= 15 is 0 Å². The third-order valence-electron chi connectivity index (χ3n) is 4.00. The number of benzene rings is 2. The van der Waals surface area contributed by atoms with E-state index in [1.54, 1.807) is 17.8 Å². The lowest BCUT2D eigenvalue weighted by molar-refractivity contribution is 0.0931. The summed E-state index contributed by atoms with van der Waals surface area (Å²) in [4.78, 5) is 13.6. The summed E-state index contributed by atoms with van der Waals surface area (Å²) < 4.78 is 13.5. The average Bonchev–Trinajstić information content (AvgIpc) is 2.99. The van der Waals surface area contributed by atoms with Gasteiger partial charge in [0.05, 0.1) is 11.6 Å². The minimum atomic E-state index is -0.282. The number of nitrogens with zero attached hydrogens (tertiary/aromatic N) is 1. The second kappa shape index (κ2) is 5.70. The summed E-state index contributed by atoms with van der Waals surface area (Å²) >= 11 is 1.69. The Morgan fingerprint density at radius 3 is 3.09 bits per heavy atom. The van der Waals surface area contributed by atoms with Crippen LogP contribution in [0.15, 0.2) is 47.4 Å². The van der Waals surface area contributed by atoms with Crippen LogP contribution in [0.3, 0.4) is 0 Å². The highest BCUT2D eigenvalue weighted by molar-refractivity contribution is 7.99. The maximum Gasteiger partial charge on any atom is 0.272 e. The fourth-order valence-corrected chi connectivity index (χ4v) is 3.98. The van der Waals surface area contributed by atoms with Gasteiger partial charge in [-0.1, -0.05) is 18.2 Å². The monoisotopic (exact) mass is 327 g/mol. The molecule has 6 heteroatoms. The van der Waals surface area contributed by atoms with E-state index < -0.39 is 0 Å². The Morgan fingerprint density at radius 2 is 2.17 bits per heavy atom. The lowest BCUT2D eigenvalue weighted by atomic mass is 10.0. The first-order valence-electron chi connectivity index (χ1n) is 7.38. The number of carbonyl (C=O) groups excluding carboxylic acids is 1. The van der Waals surface area contributed by atoms with Gasteiger partial charge in [-0.25, -0.2) is 4.39 Å². The van der Waals surface area contributed by atoms with Crippen LogP contribution in [0, 0.1) is 5.82 Å². The Balaban J connectivity index is 1.64. The van der Waals surface area contributed by atoms with Gasteiger partial charge in [0.25, 0.3) is 5.91 Å². The van der Waals surface area contributed by atoms with E-state index in [9.17, 15) is 9.18 Å². The second-order valence-corrected chi connectivity index (χ2v) is 6.60. The molecule has 2 aromatic carbocycles. The van der Waals surface area contributed by atoms with Crippen molar-refractivity contribution in [3.63, 3.8) is 0 Å². The number of halogens is 1. The number of thioether (sulfide) groups is 1. The number of fused-ring (bicyclic) bond motifs is 2. The van der Waals surface area contributed by atoms with E-state index in [4.69, 9.17) is 0 Å². The van der Waals surface area contributed by atoms with Gasteiger partial charge in [0, 0.05) is 16.0 Å². The highest BCUT2D eigenvalue weighted by atomic mass is 32.2. The van der Waals surface area contributed by atoms with Gasteiger partial charge < -0.3 is 5.32 Å². The number of rotatable bonds is 2. The normalized spacial score (nSPS) is 17.0. The Kier molecular flexibility index (Phi) is 3.53. The number of hydrogen-bond acceptors (Lipinski definition) is 3. The highest BCUT2D eigenvalue weighted by Gasteiger charge is 2.24. The SMILES string of the molecule is O=C(NC1CCSc2ccc(F)cc21)c1n[nH]c2ccccc12. The summed E-state index contributed by atoms with van der Waals surface area (Å²) in [5.41, 5.74) is 2.04. The van der Waals surface area contributed by atoms with Crippen LogP contribution >= 0.6 is 11.8 Å². The van der Waals surface area contributed by atoms with Gasteiger partial charge in [-0.15, -0.1) is 11.8 Å². The molecule has 0 aliphatic carbocycles. The van der Waals surface area contributed by atoms with Crippen LogP contribution in [0.5, 0.6) is 0 Å². The van der Waals surface area contributed by atoms with Crippen molar-refractivity contribution in [2.24, 2.45) is 0 Å². The fourth-order valence-electron chi connectivity index (χ4n) is 2.88. The zero-order chi connectivity index (χ0) is 15.8. The zero-order valence-corrected chi connectivity index (χ0v) is 13.0. The number of carbonyl (C=O) groups is 1. The van der Waals surface area contributed by atoms with Crippen molar-refractivity contribution < 1.29 is 9.18 Å². The van der Waals surface area contributed by atoms with Crippen LogP contribution in [0.4, 0.5) is 4.39 Å². The minimum Gasteiger partial charge on any atom is -0.344 e. The lowest BCUT2D eigenvalue weighted by Gasteiger charge is -2.25. The molecule has 1 unspecified atom stereocenters. The Labute approximate surface area is 136 Å². The lowest BCUT2D eigenvalue weighted by Crippen LogP contribution is -2.31. The Morgan fingerprint density at radius 1 is 1.30 bits per heavy atom. The van der Waals surface area contributed by atoms with Crippen LogP contribution in [-0.2, 0) is 0 Å². The van der Waals surface area contributed by atoms with Crippen molar-refractivity contribution in [3.8, 4) is 0 Å². The molecule has 116 valence electrons. The molecule has 1 amide bonds. The topological polar surface area (TPSA) is 57.8 Å². The predicted molar refractivity (Wildman–Crippen MR) is 88.0 cm³/mol. The first-order valence-corrected chi connectivity index (χ1v) is 8.37. The molecule has 0 spiro atoms. The molecule has 1 aliphatic rings. The van der Waals surface area contributed by atoms with Gasteiger partial charge in [0.15, 0.2) is 5.69 Å². The van der Waals surface area contributed by atoms with Crippen molar-refractivity contribution in [1.29, 1.82) is 0 Å². The number of aromatic amines is 1. The molecule has 1 aromatic heterocycles. The molecular formula is C17H14FN3OS. The third-order valence-corrected chi connectivity index (χ3v) is 5.12. The predicted octanol–water partition coefficient (Wildman–Crippen LogP) is 3.67. The number of hydrogen-bond donors (Lipinski definition) is 2. The van der Waals surface area contributed by atoms with Gasteiger partial charge in [-0.3, -0.25) is 9.89 Å². The molecule has 0 bridgehead atoms. The van der Waals surface area contributed by atoms with E-state index in [0.717, 1.165) is 33.5 Å². The summed E-state index contributed by atoms with van der Waals surface area (Å²) in [5, 5.41) is 10.8. The molecule has 0 radical (unpaired) electrons. The van der Waals surface area contributed by atoms with Gasteiger partial charge in [-0.2, -0.15) is 5.10 Å². The van der Waals surface area contributed by atoms with Crippen LogP contribution in [0.25, 0.3) is 10.9 Å². The summed E-state index contributed by atoms with van der Waals surface area (Å²) in [5.74, 6) is 0.371. The van der Waals surface area contributed by atoms with Crippen molar-refractivity contribution in [3.05, 3.63) is 59.5 Å². The number of amides is 1. The summed E-state index contributed by atoms with van der Waals surface area (Å²) in [7, 11) is 0. The molecule has 23 heavy (non-hydrogen) atoms. The van der Waals surface area contributed by atoms with Crippen LogP contribution in [0.2, 0.25) is 0 Å². The molecule has 4 rings (SSSR count). The zero-order valence-electron chi connectivity index (χ0n) is 12.2. The summed E-state index contributed by atoms with van der Waals surface area (Å²) in [6, 6.07) is 12.0. The van der Waals surface area contributed by atoms with Crippen LogP contribution in [0.1, 0.15) is 28.5 Å². The molecular weight excluding hydrogens is 313 g/mol.